The molecule has 0 bridgehead atoms. The molecule has 1 rings (SSSR count). The van der Waals surface area contributed by atoms with Gasteiger partial charge in [-0.05, 0) is 32.1 Å². The fraction of sp³-hybridized carbons (Fsp3) is 0.923. The second-order valence-electron chi connectivity index (χ2n) is 5.17. The van der Waals surface area contributed by atoms with Crippen molar-refractivity contribution < 1.29 is 22.7 Å². The van der Waals surface area contributed by atoms with Gasteiger partial charge in [-0.1, -0.05) is 13.3 Å². The van der Waals surface area contributed by atoms with Crippen LogP contribution in [0.2, 0.25) is 0 Å². The van der Waals surface area contributed by atoms with E-state index in [1.807, 2.05) is 6.92 Å². The van der Waals surface area contributed by atoms with Gasteiger partial charge in [-0.15, -0.1) is 0 Å². The first-order valence-electron chi connectivity index (χ1n) is 6.53. The summed E-state index contributed by atoms with van der Waals surface area (Å²) < 4.78 is 42.1. The average Bonchev–Trinajstić information content (AvgIpc) is 2.25. The van der Waals surface area contributed by atoms with Gasteiger partial charge in [-0.3, -0.25) is 4.79 Å². The molecular weight excluding hydrogens is 245 g/mol. The predicted octanol–water partition coefficient (Wildman–Crippen LogP) is 3.88. The zero-order chi connectivity index (χ0) is 13.8. The summed E-state index contributed by atoms with van der Waals surface area (Å²) in [7, 11) is 0. The monoisotopic (exact) mass is 266 g/mol. The predicted molar refractivity (Wildman–Crippen MR) is 62.3 cm³/mol. The summed E-state index contributed by atoms with van der Waals surface area (Å²) in [5.74, 6) is -0.0478. The van der Waals surface area contributed by atoms with Crippen molar-refractivity contribution in [3.63, 3.8) is 0 Å². The number of Topliss-reactive ketones (excluding diaryl/α,β-unsaturated/α-hetero) is 1. The summed E-state index contributed by atoms with van der Waals surface area (Å²) in [5.41, 5.74) is -0.961. The van der Waals surface area contributed by atoms with E-state index in [0.29, 0.717) is 25.4 Å². The van der Waals surface area contributed by atoms with Gasteiger partial charge < -0.3 is 4.74 Å². The third-order valence-electron chi connectivity index (χ3n) is 3.52. The highest BCUT2D eigenvalue weighted by atomic mass is 19.4. The lowest BCUT2D eigenvalue weighted by molar-refractivity contribution is -0.161. The van der Waals surface area contributed by atoms with E-state index in [0.717, 1.165) is 12.8 Å². The fourth-order valence-electron chi connectivity index (χ4n) is 2.73. The van der Waals surface area contributed by atoms with Crippen LogP contribution in [0.15, 0.2) is 0 Å². The Kier molecular flexibility index (Phi) is 5.20. The molecular formula is C13H21F3O2. The Balaban J connectivity index is 2.68. The van der Waals surface area contributed by atoms with Crippen molar-refractivity contribution in [1.82, 2.24) is 0 Å². The van der Waals surface area contributed by atoms with Crippen LogP contribution < -0.4 is 0 Å². The molecule has 106 valence electrons. The van der Waals surface area contributed by atoms with Crippen molar-refractivity contribution in [3.8, 4) is 0 Å². The number of halogens is 3. The Hall–Kier alpha value is -0.580. The molecule has 0 aromatic heterocycles. The molecule has 2 nitrogen and oxygen atoms in total. The molecule has 0 aliphatic heterocycles. The maximum Gasteiger partial charge on any atom is 0.389 e. The highest BCUT2D eigenvalue weighted by Gasteiger charge is 2.43. The molecule has 18 heavy (non-hydrogen) atoms. The second-order valence-corrected chi connectivity index (χ2v) is 5.17. The van der Waals surface area contributed by atoms with Gasteiger partial charge in [0.25, 0.3) is 0 Å². The SMILES string of the molecule is CCOC1(C(=O)CCC(F)(F)F)CCCC(C)C1. The van der Waals surface area contributed by atoms with Crippen LogP contribution in [0.5, 0.6) is 0 Å². The standard InChI is InChI=1S/C13H21F3O2/c1-3-18-12(7-4-5-10(2)9-12)11(17)6-8-13(14,15)16/h10H,3-9H2,1-2H3. The fourth-order valence-corrected chi connectivity index (χ4v) is 2.73. The summed E-state index contributed by atoms with van der Waals surface area (Å²) in [5, 5.41) is 0. The van der Waals surface area contributed by atoms with Crippen molar-refractivity contribution in [1.29, 1.82) is 0 Å². The molecule has 0 heterocycles. The molecule has 0 saturated heterocycles. The van der Waals surface area contributed by atoms with Crippen LogP contribution in [0.4, 0.5) is 13.2 Å². The molecule has 0 aromatic carbocycles. The maximum atomic E-state index is 12.2. The Bertz CT molecular complexity index is 284. The van der Waals surface area contributed by atoms with E-state index in [4.69, 9.17) is 4.74 Å². The van der Waals surface area contributed by atoms with Gasteiger partial charge in [0.2, 0.25) is 0 Å². The number of rotatable bonds is 5. The first-order valence-corrected chi connectivity index (χ1v) is 6.53. The van der Waals surface area contributed by atoms with Gasteiger partial charge in [0.1, 0.15) is 5.60 Å². The van der Waals surface area contributed by atoms with E-state index in [2.05, 4.69) is 0 Å². The van der Waals surface area contributed by atoms with Gasteiger partial charge >= 0.3 is 6.18 Å². The molecule has 0 radical (unpaired) electrons. The Morgan fingerprint density at radius 1 is 1.44 bits per heavy atom. The molecule has 0 spiro atoms. The lowest BCUT2D eigenvalue weighted by atomic mass is 9.75. The van der Waals surface area contributed by atoms with Crippen molar-refractivity contribution in [3.05, 3.63) is 0 Å². The topological polar surface area (TPSA) is 26.3 Å². The van der Waals surface area contributed by atoms with Crippen LogP contribution >= 0.6 is 0 Å². The molecule has 0 N–H and O–H groups in total. The Morgan fingerprint density at radius 2 is 2.11 bits per heavy atom. The van der Waals surface area contributed by atoms with Crippen LogP contribution in [0.3, 0.4) is 0 Å². The number of carbonyl (C=O) groups is 1. The second kappa shape index (κ2) is 6.04. The van der Waals surface area contributed by atoms with Crippen LogP contribution in [0, 0.1) is 5.92 Å². The number of hydrogen-bond donors (Lipinski definition) is 0. The zero-order valence-corrected chi connectivity index (χ0v) is 11.0. The van der Waals surface area contributed by atoms with Crippen LogP contribution in [0.1, 0.15) is 52.4 Å². The largest absolute Gasteiger partial charge is 0.389 e. The summed E-state index contributed by atoms with van der Waals surface area (Å²) in [6.45, 7) is 4.16. The van der Waals surface area contributed by atoms with Crippen molar-refractivity contribution in [2.24, 2.45) is 5.92 Å². The molecule has 5 heteroatoms. The molecule has 2 unspecified atom stereocenters. The molecule has 1 aliphatic carbocycles. The molecule has 1 saturated carbocycles. The van der Waals surface area contributed by atoms with Crippen LogP contribution in [0.25, 0.3) is 0 Å². The molecule has 0 amide bonds. The Labute approximate surface area is 106 Å². The number of ether oxygens (including phenoxy) is 1. The minimum Gasteiger partial charge on any atom is -0.367 e. The molecule has 2 atom stereocenters. The summed E-state index contributed by atoms with van der Waals surface area (Å²) in [6.07, 6.45) is -2.81. The van der Waals surface area contributed by atoms with Crippen LogP contribution in [-0.4, -0.2) is 24.2 Å². The lowest BCUT2D eigenvalue weighted by Crippen LogP contribution is -2.45. The normalized spacial score (nSPS) is 29.3. The number of alkyl halides is 3. The molecule has 1 fully saturated rings. The van der Waals surface area contributed by atoms with Crippen molar-refractivity contribution >= 4 is 5.78 Å². The van der Waals surface area contributed by atoms with Crippen molar-refractivity contribution in [2.45, 2.75) is 64.1 Å². The Morgan fingerprint density at radius 3 is 2.61 bits per heavy atom. The van der Waals surface area contributed by atoms with Gasteiger partial charge in [-0.25, -0.2) is 0 Å². The van der Waals surface area contributed by atoms with Crippen LogP contribution in [-0.2, 0) is 9.53 Å². The number of ketones is 1. The van der Waals surface area contributed by atoms with Crippen molar-refractivity contribution in [2.75, 3.05) is 6.61 Å². The summed E-state index contributed by atoms with van der Waals surface area (Å²) in [4.78, 5) is 12.1. The first kappa shape index (κ1) is 15.5. The van der Waals surface area contributed by atoms with E-state index in [9.17, 15) is 18.0 Å². The molecule has 1 aliphatic rings. The maximum absolute atomic E-state index is 12.2. The minimum absolute atomic E-state index is 0.333. The number of hydrogen-bond acceptors (Lipinski definition) is 2. The van der Waals surface area contributed by atoms with E-state index in [-0.39, 0.29) is 5.78 Å². The third kappa shape index (κ3) is 4.26. The number of carbonyl (C=O) groups excluding carboxylic acids is 1. The smallest absolute Gasteiger partial charge is 0.367 e. The summed E-state index contributed by atoms with van der Waals surface area (Å²) in [6, 6.07) is 0. The highest BCUT2D eigenvalue weighted by molar-refractivity contribution is 5.87. The van der Waals surface area contributed by atoms with E-state index < -0.39 is 24.6 Å². The van der Waals surface area contributed by atoms with E-state index in [1.54, 1.807) is 6.92 Å². The van der Waals surface area contributed by atoms with Gasteiger partial charge in [0, 0.05) is 13.0 Å². The average molecular weight is 266 g/mol. The van der Waals surface area contributed by atoms with Gasteiger partial charge in [-0.2, -0.15) is 13.2 Å². The van der Waals surface area contributed by atoms with Gasteiger partial charge in [0.15, 0.2) is 5.78 Å². The first-order chi connectivity index (χ1) is 8.29. The van der Waals surface area contributed by atoms with E-state index in [1.165, 1.54) is 0 Å². The van der Waals surface area contributed by atoms with Gasteiger partial charge in [0.05, 0.1) is 6.42 Å². The van der Waals surface area contributed by atoms with E-state index >= 15 is 0 Å². The highest BCUT2D eigenvalue weighted by Crippen LogP contribution is 2.37. The summed E-state index contributed by atoms with van der Waals surface area (Å²) >= 11 is 0. The molecule has 0 aromatic rings. The quantitative estimate of drug-likeness (QED) is 0.754. The zero-order valence-electron chi connectivity index (χ0n) is 11.0. The third-order valence-corrected chi connectivity index (χ3v) is 3.52. The lowest BCUT2D eigenvalue weighted by Gasteiger charge is -2.38. The minimum atomic E-state index is -4.27.